The molecule has 1 aliphatic carbocycles. The number of anilines is 1. The second kappa shape index (κ2) is 7.75. The van der Waals surface area contributed by atoms with Crippen molar-refractivity contribution in [1.29, 1.82) is 0 Å². The lowest BCUT2D eigenvalue weighted by molar-refractivity contribution is -0.136. The average molecular weight is 379 g/mol. The highest BCUT2D eigenvalue weighted by molar-refractivity contribution is 7.90. The van der Waals surface area contributed by atoms with Crippen molar-refractivity contribution < 1.29 is 18.0 Å². The Balaban J connectivity index is 1.41. The number of nitrogens with zero attached hydrogens (tertiary/aromatic N) is 1. The summed E-state index contributed by atoms with van der Waals surface area (Å²) in [4.78, 5) is 23.9. The fourth-order valence-corrected chi connectivity index (χ4v) is 5.05. The average Bonchev–Trinajstić information content (AvgIpc) is 3.45. The van der Waals surface area contributed by atoms with Crippen LogP contribution in [0.3, 0.4) is 0 Å². The molecule has 1 aromatic carbocycles. The fourth-order valence-electron chi connectivity index (χ4n) is 3.17. The van der Waals surface area contributed by atoms with Gasteiger partial charge in [0.25, 0.3) is 0 Å². The van der Waals surface area contributed by atoms with Crippen LogP contribution in [0, 0.1) is 12.8 Å². The quantitative estimate of drug-likeness (QED) is 0.753. The summed E-state index contributed by atoms with van der Waals surface area (Å²) < 4.78 is 26.0. The zero-order valence-corrected chi connectivity index (χ0v) is 15.7. The Morgan fingerprint density at radius 2 is 1.81 bits per heavy atom. The number of nitrogens with one attached hydrogen (secondary N) is 2. The van der Waals surface area contributed by atoms with Gasteiger partial charge in [0.05, 0.1) is 5.25 Å². The smallest absolute Gasteiger partial charge is 0.313 e. The highest BCUT2D eigenvalue weighted by Crippen LogP contribution is 2.33. The number of aryl methyl sites for hydroxylation is 1. The molecule has 8 heteroatoms. The topological polar surface area (TPSA) is 95.6 Å². The third-order valence-corrected chi connectivity index (χ3v) is 7.31. The number of rotatable bonds is 5. The van der Waals surface area contributed by atoms with E-state index in [4.69, 9.17) is 0 Å². The summed E-state index contributed by atoms with van der Waals surface area (Å²) in [6, 6.07) is 7.24. The number of benzene rings is 1. The van der Waals surface area contributed by atoms with E-state index in [1.165, 1.54) is 0 Å². The lowest BCUT2D eigenvalue weighted by atomic mass is 9.98. The number of sulfonamides is 1. The van der Waals surface area contributed by atoms with Crippen molar-refractivity contribution >= 4 is 27.5 Å². The predicted molar refractivity (Wildman–Crippen MR) is 99.1 cm³/mol. The predicted octanol–water partition coefficient (Wildman–Crippen LogP) is 1.25. The van der Waals surface area contributed by atoms with Crippen LogP contribution in [0.1, 0.15) is 31.2 Å². The molecule has 0 spiro atoms. The van der Waals surface area contributed by atoms with Gasteiger partial charge in [-0.3, -0.25) is 9.59 Å². The number of hydrogen-bond donors (Lipinski definition) is 2. The van der Waals surface area contributed by atoms with Gasteiger partial charge in [0.2, 0.25) is 10.0 Å². The minimum absolute atomic E-state index is 0.177. The first kappa shape index (κ1) is 18.8. The van der Waals surface area contributed by atoms with Crippen molar-refractivity contribution in [1.82, 2.24) is 9.62 Å². The van der Waals surface area contributed by atoms with E-state index in [2.05, 4.69) is 10.6 Å². The van der Waals surface area contributed by atoms with Crippen molar-refractivity contribution in [3.8, 4) is 0 Å². The van der Waals surface area contributed by atoms with Gasteiger partial charge in [-0.2, -0.15) is 0 Å². The molecule has 2 aliphatic rings. The molecule has 2 amide bonds. The number of carbonyl (C=O) groups is 2. The maximum atomic E-state index is 12.2. The van der Waals surface area contributed by atoms with Gasteiger partial charge in [-0.15, -0.1) is 0 Å². The normalized spacial score (nSPS) is 19.1. The lowest BCUT2D eigenvalue weighted by Gasteiger charge is -2.31. The van der Waals surface area contributed by atoms with Gasteiger partial charge in [0.15, 0.2) is 0 Å². The van der Waals surface area contributed by atoms with Crippen LogP contribution in [-0.2, 0) is 19.6 Å². The molecule has 0 bridgehead atoms. The summed E-state index contributed by atoms with van der Waals surface area (Å²) >= 11 is 0. The second-order valence-corrected chi connectivity index (χ2v) is 9.33. The minimum atomic E-state index is -3.11. The summed E-state index contributed by atoms with van der Waals surface area (Å²) in [6.07, 6.45) is 2.94. The molecule has 0 radical (unpaired) electrons. The van der Waals surface area contributed by atoms with Crippen LogP contribution in [0.15, 0.2) is 24.3 Å². The molecule has 1 saturated heterocycles. The van der Waals surface area contributed by atoms with E-state index in [1.807, 2.05) is 19.1 Å². The van der Waals surface area contributed by atoms with Crippen molar-refractivity contribution in [2.45, 2.75) is 37.9 Å². The summed E-state index contributed by atoms with van der Waals surface area (Å²) in [7, 11) is -3.11. The molecule has 0 atom stereocenters. The van der Waals surface area contributed by atoms with Crippen LogP contribution in [-0.4, -0.2) is 49.4 Å². The first-order chi connectivity index (χ1) is 12.4. The summed E-state index contributed by atoms with van der Waals surface area (Å²) in [5.74, 6) is -1.17. The second-order valence-electron chi connectivity index (χ2n) is 7.12. The Bertz CT molecular complexity index is 781. The number of carbonyl (C=O) groups excluding carboxylic acids is 2. The van der Waals surface area contributed by atoms with Gasteiger partial charge in [-0.05, 0) is 56.2 Å². The molecule has 3 rings (SSSR count). The van der Waals surface area contributed by atoms with Crippen LogP contribution >= 0.6 is 0 Å². The zero-order valence-electron chi connectivity index (χ0n) is 14.9. The molecule has 2 N–H and O–H groups in total. The van der Waals surface area contributed by atoms with E-state index in [1.54, 1.807) is 16.4 Å². The van der Waals surface area contributed by atoms with Crippen molar-refractivity contribution in [2.24, 2.45) is 5.92 Å². The number of piperidine rings is 1. The molecule has 0 aromatic heterocycles. The Morgan fingerprint density at radius 3 is 2.42 bits per heavy atom. The lowest BCUT2D eigenvalue weighted by Crippen LogP contribution is -2.44. The summed E-state index contributed by atoms with van der Waals surface area (Å²) in [5, 5.41) is 5.06. The van der Waals surface area contributed by atoms with E-state index < -0.39 is 21.8 Å². The fraction of sp³-hybridized carbons (Fsp3) is 0.556. The maximum absolute atomic E-state index is 12.2. The van der Waals surface area contributed by atoms with Gasteiger partial charge in [-0.1, -0.05) is 12.1 Å². The third-order valence-electron chi connectivity index (χ3n) is 4.91. The molecule has 1 saturated carbocycles. The van der Waals surface area contributed by atoms with Gasteiger partial charge < -0.3 is 10.6 Å². The van der Waals surface area contributed by atoms with E-state index in [-0.39, 0.29) is 11.2 Å². The van der Waals surface area contributed by atoms with Crippen molar-refractivity contribution in [3.63, 3.8) is 0 Å². The molecular formula is C18H25N3O4S. The first-order valence-corrected chi connectivity index (χ1v) is 10.5. The van der Waals surface area contributed by atoms with Crippen LogP contribution in [0.2, 0.25) is 0 Å². The minimum Gasteiger partial charge on any atom is -0.348 e. The van der Waals surface area contributed by atoms with Crippen molar-refractivity contribution in [2.75, 3.05) is 25.0 Å². The van der Waals surface area contributed by atoms with E-state index >= 15 is 0 Å². The highest BCUT2D eigenvalue weighted by Gasteiger charge is 2.41. The Labute approximate surface area is 154 Å². The zero-order chi connectivity index (χ0) is 18.7. The van der Waals surface area contributed by atoms with Gasteiger partial charge in [-0.25, -0.2) is 12.7 Å². The SMILES string of the molecule is Cc1cccc(NC(=O)C(=O)NCC2CCN(S(=O)(=O)C3CC3)CC2)c1. The monoisotopic (exact) mass is 379 g/mol. The molecule has 0 unspecified atom stereocenters. The Morgan fingerprint density at radius 1 is 1.12 bits per heavy atom. The molecule has 2 fully saturated rings. The largest absolute Gasteiger partial charge is 0.348 e. The van der Waals surface area contributed by atoms with Crippen molar-refractivity contribution in [3.05, 3.63) is 29.8 Å². The molecule has 1 aliphatic heterocycles. The van der Waals surface area contributed by atoms with Gasteiger partial charge >= 0.3 is 11.8 Å². The molecule has 26 heavy (non-hydrogen) atoms. The van der Waals surface area contributed by atoms with E-state index in [0.717, 1.165) is 18.4 Å². The maximum Gasteiger partial charge on any atom is 0.313 e. The van der Waals surface area contributed by atoms with Crippen LogP contribution in [0.5, 0.6) is 0 Å². The first-order valence-electron chi connectivity index (χ1n) is 9.01. The third kappa shape index (κ3) is 4.62. The number of amides is 2. The molecular weight excluding hydrogens is 354 g/mol. The summed E-state index contributed by atoms with van der Waals surface area (Å²) in [6.45, 7) is 3.28. The van der Waals surface area contributed by atoms with Gasteiger partial charge in [0.1, 0.15) is 0 Å². The molecule has 1 aromatic rings. The Hall–Kier alpha value is -1.93. The number of hydrogen-bond acceptors (Lipinski definition) is 4. The molecule has 7 nitrogen and oxygen atoms in total. The van der Waals surface area contributed by atoms with Gasteiger partial charge in [0, 0.05) is 25.3 Å². The van der Waals surface area contributed by atoms with Crippen LogP contribution < -0.4 is 10.6 Å². The Kier molecular flexibility index (Phi) is 5.62. The molecule has 1 heterocycles. The van der Waals surface area contributed by atoms with E-state index in [0.29, 0.717) is 38.2 Å². The van der Waals surface area contributed by atoms with Crippen LogP contribution in [0.25, 0.3) is 0 Å². The summed E-state index contributed by atoms with van der Waals surface area (Å²) in [5.41, 5.74) is 1.58. The molecule has 142 valence electrons. The van der Waals surface area contributed by atoms with Crippen LogP contribution in [0.4, 0.5) is 5.69 Å². The highest BCUT2D eigenvalue weighted by atomic mass is 32.2. The standard InChI is InChI=1S/C18H25N3O4S/c1-13-3-2-4-15(11-13)20-18(23)17(22)19-12-14-7-9-21(10-8-14)26(24,25)16-5-6-16/h2-4,11,14,16H,5-10,12H2,1H3,(H,19,22)(H,20,23). The van der Waals surface area contributed by atoms with E-state index in [9.17, 15) is 18.0 Å².